The molecule has 0 aromatic heterocycles. The first-order valence-electron chi connectivity index (χ1n) is 4.51. The van der Waals surface area contributed by atoms with E-state index in [9.17, 15) is 21.6 Å². The second kappa shape index (κ2) is 5.03. The highest BCUT2D eigenvalue weighted by molar-refractivity contribution is 7.89. The van der Waals surface area contributed by atoms with E-state index in [1.54, 1.807) is 0 Å². The molecule has 1 rings (SSSR count). The zero-order valence-corrected chi connectivity index (χ0v) is 9.35. The summed E-state index contributed by atoms with van der Waals surface area (Å²) < 4.78 is 62.8. The van der Waals surface area contributed by atoms with E-state index in [1.165, 1.54) is 16.9 Å². The zero-order chi connectivity index (χ0) is 13.1. The molecule has 0 unspecified atom stereocenters. The van der Waals surface area contributed by atoms with Crippen molar-refractivity contribution in [1.29, 1.82) is 0 Å². The number of halogens is 3. The molecule has 1 aromatic rings. The van der Waals surface area contributed by atoms with Gasteiger partial charge in [0, 0.05) is 0 Å². The van der Waals surface area contributed by atoms with Gasteiger partial charge in [0.1, 0.15) is 17.3 Å². The minimum absolute atomic E-state index is 0.714. The van der Waals surface area contributed by atoms with Gasteiger partial charge in [0.25, 0.3) is 5.92 Å². The summed E-state index contributed by atoms with van der Waals surface area (Å²) in [7, 11) is -4.35. The second-order valence-corrected chi connectivity index (χ2v) is 5.00. The maximum absolute atomic E-state index is 13.1. The van der Waals surface area contributed by atoms with E-state index in [4.69, 9.17) is 5.11 Å². The van der Waals surface area contributed by atoms with Crippen LogP contribution in [0.5, 0.6) is 0 Å². The molecule has 4 nitrogen and oxygen atoms in total. The van der Waals surface area contributed by atoms with Gasteiger partial charge in [-0.1, -0.05) is 12.1 Å². The lowest BCUT2D eigenvalue weighted by Crippen LogP contribution is -2.39. The normalized spacial score (nSPS) is 12.7. The number of aliphatic hydroxyl groups is 1. The molecule has 0 fully saturated rings. The Morgan fingerprint density at radius 2 is 1.88 bits per heavy atom. The van der Waals surface area contributed by atoms with Crippen LogP contribution in [0, 0.1) is 5.82 Å². The first-order chi connectivity index (χ1) is 7.78. The van der Waals surface area contributed by atoms with Gasteiger partial charge < -0.3 is 5.11 Å². The summed E-state index contributed by atoms with van der Waals surface area (Å²) in [5, 5.41) is 8.26. The van der Waals surface area contributed by atoms with Gasteiger partial charge in [0.2, 0.25) is 10.0 Å². The molecule has 0 heterocycles. The van der Waals surface area contributed by atoms with Crippen molar-refractivity contribution in [3.63, 3.8) is 0 Å². The maximum Gasteiger partial charge on any atom is 0.283 e. The molecule has 0 spiro atoms. The number of alkyl halides is 2. The lowest BCUT2D eigenvalue weighted by atomic mass is 10.3. The summed E-state index contributed by atoms with van der Waals surface area (Å²) in [6.45, 7) is -2.78. The summed E-state index contributed by atoms with van der Waals surface area (Å²) >= 11 is 0. The molecule has 8 heteroatoms. The van der Waals surface area contributed by atoms with Crippen molar-refractivity contribution < 1.29 is 26.7 Å². The highest BCUT2D eigenvalue weighted by Crippen LogP contribution is 2.15. The Balaban J connectivity index is 2.88. The summed E-state index contributed by atoms with van der Waals surface area (Å²) in [4.78, 5) is -0.714. The Morgan fingerprint density at radius 3 is 2.41 bits per heavy atom. The van der Waals surface area contributed by atoms with Gasteiger partial charge in [-0.05, 0) is 12.1 Å². The third-order valence-electron chi connectivity index (χ3n) is 1.88. The molecule has 17 heavy (non-hydrogen) atoms. The van der Waals surface area contributed by atoms with Crippen LogP contribution in [0.3, 0.4) is 0 Å². The van der Waals surface area contributed by atoms with E-state index >= 15 is 0 Å². The van der Waals surface area contributed by atoms with Gasteiger partial charge in [0.05, 0.1) is 6.54 Å². The van der Waals surface area contributed by atoms with Crippen LogP contribution >= 0.6 is 0 Å². The van der Waals surface area contributed by atoms with Crippen molar-refractivity contribution in [2.75, 3.05) is 13.2 Å². The Kier molecular flexibility index (Phi) is 4.12. The average molecular weight is 269 g/mol. The first-order valence-corrected chi connectivity index (χ1v) is 6.00. The van der Waals surface area contributed by atoms with Crippen molar-refractivity contribution in [3.8, 4) is 0 Å². The highest BCUT2D eigenvalue weighted by atomic mass is 32.2. The molecule has 0 bridgehead atoms. The number of benzene rings is 1. The van der Waals surface area contributed by atoms with Crippen LogP contribution in [0.1, 0.15) is 0 Å². The molecular weight excluding hydrogens is 259 g/mol. The summed E-state index contributed by atoms with van der Waals surface area (Å²) in [6.07, 6.45) is 0. The number of hydrogen-bond acceptors (Lipinski definition) is 3. The molecule has 0 saturated heterocycles. The van der Waals surface area contributed by atoms with E-state index < -0.39 is 39.8 Å². The molecule has 2 N–H and O–H groups in total. The Bertz CT molecular complexity index is 490. The number of rotatable bonds is 5. The fourth-order valence-corrected chi connectivity index (χ4v) is 2.14. The zero-order valence-electron chi connectivity index (χ0n) is 8.53. The minimum Gasteiger partial charge on any atom is -0.390 e. The van der Waals surface area contributed by atoms with Crippen LogP contribution in [0.4, 0.5) is 13.2 Å². The van der Waals surface area contributed by atoms with Crippen molar-refractivity contribution in [2.45, 2.75) is 10.8 Å². The molecule has 0 aliphatic carbocycles. The van der Waals surface area contributed by atoms with E-state index in [0.717, 1.165) is 12.1 Å². The molecule has 0 aliphatic rings. The molecular formula is C9H10F3NO3S. The summed E-state index contributed by atoms with van der Waals surface area (Å²) in [5.41, 5.74) is 0. The van der Waals surface area contributed by atoms with E-state index in [0.29, 0.717) is 0 Å². The van der Waals surface area contributed by atoms with Gasteiger partial charge in [-0.15, -0.1) is 0 Å². The smallest absolute Gasteiger partial charge is 0.283 e. The van der Waals surface area contributed by atoms with Crippen molar-refractivity contribution >= 4 is 10.0 Å². The molecule has 0 aliphatic heterocycles. The van der Waals surface area contributed by atoms with Crippen LogP contribution in [0.2, 0.25) is 0 Å². The topological polar surface area (TPSA) is 66.4 Å². The van der Waals surface area contributed by atoms with E-state index in [2.05, 4.69) is 0 Å². The lowest BCUT2D eigenvalue weighted by molar-refractivity contribution is -0.0437. The fourth-order valence-electron chi connectivity index (χ4n) is 0.997. The quantitative estimate of drug-likeness (QED) is 0.828. The monoisotopic (exact) mass is 269 g/mol. The molecule has 0 radical (unpaired) electrons. The summed E-state index contributed by atoms with van der Waals surface area (Å²) in [6, 6.07) is 4.39. The highest BCUT2D eigenvalue weighted by Gasteiger charge is 2.30. The molecule has 1 aromatic carbocycles. The predicted octanol–water partition coefficient (Wildman–Crippen LogP) is 0.732. The second-order valence-electron chi connectivity index (χ2n) is 3.27. The predicted molar refractivity (Wildman–Crippen MR) is 53.6 cm³/mol. The Hall–Kier alpha value is -1.12. The maximum atomic E-state index is 13.1. The average Bonchev–Trinajstić information content (AvgIpc) is 2.27. The van der Waals surface area contributed by atoms with E-state index in [1.807, 2.05) is 0 Å². The van der Waals surface area contributed by atoms with Crippen LogP contribution in [-0.2, 0) is 10.0 Å². The van der Waals surface area contributed by atoms with Gasteiger partial charge in [-0.25, -0.2) is 26.3 Å². The summed E-state index contributed by atoms with van der Waals surface area (Å²) in [5.74, 6) is -4.62. The fraction of sp³-hybridized carbons (Fsp3) is 0.333. The van der Waals surface area contributed by atoms with E-state index in [-0.39, 0.29) is 0 Å². The van der Waals surface area contributed by atoms with Crippen LogP contribution < -0.4 is 4.72 Å². The van der Waals surface area contributed by atoms with Gasteiger partial charge in [0.15, 0.2) is 0 Å². The first kappa shape index (κ1) is 13.9. The minimum atomic E-state index is -4.35. The van der Waals surface area contributed by atoms with Gasteiger partial charge >= 0.3 is 0 Å². The Labute approximate surface area is 96.1 Å². The largest absolute Gasteiger partial charge is 0.390 e. The van der Waals surface area contributed by atoms with Crippen LogP contribution in [-0.4, -0.2) is 32.6 Å². The van der Waals surface area contributed by atoms with Gasteiger partial charge in [-0.3, -0.25) is 0 Å². The third-order valence-corrected chi connectivity index (χ3v) is 3.31. The SMILES string of the molecule is O=S(=O)(NCC(F)(F)CO)c1ccccc1F. The lowest BCUT2D eigenvalue weighted by Gasteiger charge is -2.14. The Morgan fingerprint density at radius 1 is 1.29 bits per heavy atom. The number of hydrogen-bond donors (Lipinski definition) is 2. The van der Waals surface area contributed by atoms with Crippen molar-refractivity contribution in [1.82, 2.24) is 4.72 Å². The number of sulfonamides is 1. The van der Waals surface area contributed by atoms with Crippen LogP contribution in [0.25, 0.3) is 0 Å². The standard InChI is InChI=1S/C9H10F3NO3S/c10-7-3-1-2-4-8(7)17(15,16)13-5-9(11,12)6-14/h1-4,13-14H,5-6H2. The molecule has 96 valence electrons. The number of aliphatic hydroxyl groups excluding tert-OH is 1. The van der Waals surface area contributed by atoms with Crippen LogP contribution in [0.15, 0.2) is 29.2 Å². The molecule has 0 amide bonds. The van der Waals surface area contributed by atoms with Crippen molar-refractivity contribution in [2.24, 2.45) is 0 Å². The molecule has 0 atom stereocenters. The van der Waals surface area contributed by atoms with Gasteiger partial charge in [-0.2, -0.15) is 0 Å². The third kappa shape index (κ3) is 3.69. The molecule has 0 saturated carbocycles. The number of nitrogens with one attached hydrogen (secondary N) is 1. The van der Waals surface area contributed by atoms with Crippen molar-refractivity contribution in [3.05, 3.63) is 30.1 Å².